The summed E-state index contributed by atoms with van der Waals surface area (Å²) in [5.41, 5.74) is 1.27. The first-order valence-electron chi connectivity index (χ1n) is 4.78. The van der Waals surface area contributed by atoms with Gasteiger partial charge in [0.05, 0.1) is 0 Å². The van der Waals surface area contributed by atoms with Gasteiger partial charge in [-0.15, -0.1) is 12.6 Å². The molecular weight excluding hydrogens is 286 g/mol. The summed E-state index contributed by atoms with van der Waals surface area (Å²) < 4.78 is 0. The van der Waals surface area contributed by atoms with Crippen LogP contribution in [-0.4, -0.2) is 0 Å². The average molecular weight is 298 g/mol. The van der Waals surface area contributed by atoms with E-state index >= 15 is 0 Å². The third kappa shape index (κ3) is 3.66. The van der Waals surface area contributed by atoms with Gasteiger partial charge in [0.1, 0.15) is 0 Å². The van der Waals surface area contributed by atoms with Crippen LogP contribution in [0.3, 0.4) is 0 Å². The number of hydrogen-bond acceptors (Lipinski definition) is 2. The van der Waals surface area contributed by atoms with Crippen LogP contribution in [0.2, 0.25) is 0 Å². The van der Waals surface area contributed by atoms with Crippen molar-refractivity contribution in [1.29, 1.82) is 0 Å². The van der Waals surface area contributed by atoms with Crippen molar-refractivity contribution in [2.24, 2.45) is 0 Å². The van der Waals surface area contributed by atoms with Gasteiger partial charge in [0, 0.05) is 34.2 Å². The molecule has 0 bridgehead atoms. The Balaban J connectivity index is 0.00000128. The Morgan fingerprint density at radius 2 is 1.69 bits per heavy atom. The molecule has 0 aliphatic rings. The number of rotatable bonds is 2. The average Bonchev–Trinajstić information content (AvgIpc) is 2.25. The van der Waals surface area contributed by atoms with Crippen LogP contribution < -0.4 is 0 Å². The van der Waals surface area contributed by atoms with E-state index in [4.69, 9.17) is 0 Å². The van der Waals surface area contributed by atoms with Crippen molar-refractivity contribution < 1.29 is 19.5 Å². The molecule has 0 radical (unpaired) electrons. The normalized spacial score (nSPS) is 9.62. The molecule has 0 unspecified atom stereocenters. The smallest absolute Gasteiger partial charge is 0.0258 e. The van der Waals surface area contributed by atoms with Crippen LogP contribution in [0.5, 0.6) is 0 Å². The molecule has 0 saturated carbocycles. The predicted octanol–water partition coefficient (Wildman–Crippen LogP) is 4.43. The molecule has 2 rings (SSSR count). The number of hydrogen-bond donors (Lipinski definition) is 1. The molecule has 0 fully saturated rings. The van der Waals surface area contributed by atoms with Gasteiger partial charge in [0.15, 0.2) is 0 Å². The fraction of sp³-hybridized carbons (Fsp3) is 0.0769. The van der Waals surface area contributed by atoms with Crippen LogP contribution in [-0.2, 0) is 19.5 Å². The Labute approximate surface area is 119 Å². The molecule has 78 valence electrons. The second kappa shape index (κ2) is 6.49. The van der Waals surface area contributed by atoms with Crippen LogP contribution in [0.4, 0.5) is 0 Å². The molecule has 3 heteroatoms. The Morgan fingerprint density at radius 1 is 1.00 bits per heavy atom. The topological polar surface area (TPSA) is 0 Å². The van der Waals surface area contributed by atoms with E-state index in [9.17, 15) is 0 Å². The zero-order valence-corrected chi connectivity index (χ0v) is 13.9. The first kappa shape index (κ1) is 13.8. The molecular formula is C13H12S2Zn. The van der Waals surface area contributed by atoms with E-state index in [1.807, 2.05) is 12.1 Å². The standard InChI is InChI=1S/C13H12S2.Zn/c1-10-7-8-12(14)13(9-10)15-11-5-3-2-4-6-11;/h2-9,14H,1H3;. The molecule has 0 aliphatic heterocycles. The second-order valence-electron chi connectivity index (χ2n) is 3.39. The Bertz CT molecular complexity index is 455. The third-order valence-corrected chi connectivity index (χ3v) is 3.69. The summed E-state index contributed by atoms with van der Waals surface area (Å²) in [5, 5.41) is 0. The summed E-state index contributed by atoms with van der Waals surface area (Å²) in [6, 6.07) is 16.6. The van der Waals surface area contributed by atoms with Crippen molar-refractivity contribution in [1.82, 2.24) is 0 Å². The molecule has 0 amide bonds. The van der Waals surface area contributed by atoms with Crippen molar-refractivity contribution >= 4 is 24.4 Å². The molecule has 2 aromatic rings. The molecule has 0 nitrogen and oxygen atoms in total. The Hall–Kier alpha value is -0.237. The fourth-order valence-electron chi connectivity index (χ4n) is 1.32. The summed E-state index contributed by atoms with van der Waals surface area (Å²) >= 11 is 6.21. The zero-order chi connectivity index (χ0) is 10.7. The summed E-state index contributed by atoms with van der Waals surface area (Å²) in [6.07, 6.45) is 0. The largest absolute Gasteiger partial charge is 0.142 e. The van der Waals surface area contributed by atoms with Crippen molar-refractivity contribution in [3.63, 3.8) is 0 Å². The van der Waals surface area contributed by atoms with Crippen LogP contribution in [0.15, 0.2) is 63.2 Å². The molecule has 0 spiro atoms. The minimum absolute atomic E-state index is 0. The molecule has 0 N–H and O–H groups in total. The molecule has 0 atom stereocenters. The quantitative estimate of drug-likeness (QED) is 0.632. The SMILES string of the molecule is Cc1ccc(S)c(Sc2ccccc2)c1.[Zn]. The van der Waals surface area contributed by atoms with Crippen molar-refractivity contribution in [3.05, 3.63) is 54.1 Å². The van der Waals surface area contributed by atoms with Gasteiger partial charge in [-0.25, -0.2) is 0 Å². The zero-order valence-electron chi connectivity index (χ0n) is 9.18. The fourth-order valence-corrected chi connectivity index (χ4v) is 2.56. The number of aryl methyl sites for hydroxylation is 1. The third-order valence-electron chi connectivity index (χ3n) is 2.09. The van der Waals surface area contributed by atoms with E-state index in [0.717, 1.165) is 4.90 Å². The van der Waals surface area contributed by atoms with Gasteiger partial charge in [-0.05, 0) is 36.8 Å². The molecule has 0 heterocycles. The van der Waals surface area contributed by atoms with E-state index < -0.39 is 0 Å². The molecule has 0 aromatic heterocycles. The first-order valence-corrected chi connectivity index (χ1v) is 6.04. The van der Waals surface area contributed by atoms with E-state index in [-0.39, 0.29) is 19.5 Å². The number of thiol groups is 1. The van der Waals surface area contributed by atoms with Crippen LogP contribution in [0.1, 0.15) is 5.56 Å². The Morgan fingerprint density at radius 3 is 2.38 bits per heavy atom. The van der Waals surface area contributed by atoms with Gasteiger partial charge in [-0.3, -0.25) is 0 Å². The predicted molar refractivity (Wildman–Crippen MR) is 69.0 cm³/mol. The summed E-state index contributed by atoms with van der Waals surface area (Å²) in [5.74, 6) is 0. The maximum Gasteiger partial charge on any atom is 0.0258 e. The first-order chi connectivity index (χ1) is 7.25. The molecule has 0 saturated heterocycles. The second-order valence-corrected chi connectivity index (χ2v) is 4.98. The molecule has 2 aromatic carbocycles. The van der Waals surface area contributed by atoms with Gasteiger partial charge >= 0.3 is 0 Å². The van der Waals surface area contributed by atoms with E-state index in [2.05, 4.69) is 56.0 Å². The van der Waals surface area contributed by atoms with E-state index in [1.165, 1.54) is 15.4 Å². The minimum atomic E-state index is 0. The monoisotopic (exact) mass is 296 g/mol. The van der Waals surface area contributed by atoms with Crippen molar-refractivity contribution in [2.45, 2.75) is 21.6 Å². The number of benzene rings is 2. The summed E-state index contributed by atoms with van der Waals surface area (Å²) in [7, 11) is 0. The van der Waals surface area contributed by atoms with Crippen molar-refractivity contribution in [2.75, 3.05) is 0 Å². The summed E-state index contributed by atoms with van der Waals surface area (Å²) in [6.45, 7) is 2.10. The van der Waals surface area contributed by atoms with Crippen molar-refractivity contribution in [3.8, 4) is 0 Å². The van der Waals surface area contributed by atoms with Crippen LogP contribution in [0.25, 0.3) is 0 Å². The Kier molecular flexibility index (Phi) is 5.61. The van der Waals surface area contributed by atoms with Gasteiger partial charge in [0.2, 0.25) is 0 Å². The maximum atomic E-state index is 4.45. The van der Waals surface area contributed by atoms with E-state index in [0.29, 0.717) is 0 Å². The van der Waals surface area contributed by atoms with Gasteiger partial charge in [0.25, 0.3) is 0 Å². The van der Waals surface area contributed by atoms with E-state index in [1.54, 1.807) is 11.8 Å². The molecule has 16 heavy (non-hydrogen) atoms. The van der Waals surface area contributed by atoms with Crippen LogP contribution >= 0.6 is 24.4 Å². The van der Waals surface area contributed by atoms with Gasteiger partial charge < -0.3 is 0 Å². The van der Waals surface area contributed by atoms with Gasteiger partial charge in [-0.1, -0.05) is 36.0 Å². The maximum absolute atomic E-state index is 4.45. The van der Waals surface area contributed by atoms with Crippen LogP contribution in [0, 0.1) is 6.92 Å². The van der Waals surface area contributed by atoms with Gasteiger partial charge in [-0.2, -0.15) is 0 Å². The molecule has 0 aliphatic carbocycles. The summed E-state index contributed by atoms with van der Waals surface area (Å²) in [4.78, 5) is 3.50. The minimum Gasteiger partial charge on any atom is -0.142 e.